The van der Waals surface area contributed by atoms with Gasteiger partial charge < -0.3 is 19.4 Å². The largest absolute Gasteiger partial charge is 0.494 e. The van der Waals surface area contributed by atoms with Gasteiger partial charge in [-0.1, -0.05) is 13.8 Å². The van der Waals surface area contributed by atoms with Crippen molar-refractivity contribution in [3.63, 3.8) is 0 Å². The number of ether oxygens (including phenoxy) is 1. The second-order valence-electron chi connectivity index (χ2n) is 10.7. The molecule has 0 aromatic carbocycles. The molecule has 12 heteroatoms. The lowest BCUT2D eigenvalue weighted by Crippen LogP contribution is -2.62. The number of carbonyl (C=O) groups is 1. The fourth-order valence-corrected chi connectivity index (χ4v) is 6.90. The quantitative estimate of drug-likeness (QED) is 0.582. The number of nitriles is 1. The Kier molecular flexibility index (Phi) is 6.02. The summed E-state index contributed by atoms with van der Waals surface area (Å²) in [5.74, 6) is 1.78. The summed E-state index contributed by atoms with van der Waals surface area (Å²) >= 11 is 0. The average Bonchev–Trinajstić information content (AvgIpc) is 3.15. The van der Waals surface area contributed by atoms with Crippen molar-refractivity contribution >= 4 is 33.1 Å². The number of rotatable bonds is 4. The molecular formula is C25H31N7O4S. The molecule has 2 unspecified atom stereocenters. The van der Waals surface area contributed by atoms with Crippen LogP contribution in [0.4, 0.5) is 17.3 Å². The zero-order valence-corrected chi connectivity index (χ0v) is 22.5. The van der Waals surface area contributed by atoms with Gasteiger partial charge in [-0.15, -0.1) is 0 Å². The van der Waals surface area contributed by atoms with Gasteiger partial charge in [-0.25, -0.2) is 23.4 Å². The van der Waals surface area contributed by atoms with Crippen LogP contribution < -0.4 is 14.5 Å². The van der Waals surface area contributed by atoms with E-state index in [1.807, 2.05) is 19.9 Å². The summed E-state index contributed by atoms with van der Waals surface area (Å²) in [6.07, 6.45) is 3.60. The Morgan fingerprint density at radius 3 is 2.51 bits per heavy atom. The van der Waals surface area contributed by atoms with E-state index in [4.69, 9.17) is 9.72 Å². The zero-order chi connectivity index (χ0) is 26.7. The van der Waals surface area contributed by atoms with E-state index in [0.717, 1.165) is 22.9 Å². The molecule has 2 fully saturated rings. The summed E-state index contributed by atoms with van der Waals surface area (Å²) in [7, 11) is -1.79. The van der Waals surface area contributed by atoms with Crippen LogP contribution in [0.5, 0.6) is 5.75 Å². The zero-order valence-electron chi connectivity index (χ0n) is 21.7. The molecule has 0 N–H and O–H groups in total. The number of amides is 1. The summed E-state index contributed by atoms with van der Waals surface area (Å²) < 4.78 is 29.6. The molecule has 196 valence electrons. The highest BCUT2D eigenvalue weighted by atomic mass is 32.2. The first-order valence-corrected chi connectivity index (χ1v) is 14.1. The molecule has 11 nitrogen and oxygen atoms in total. The average molecular weight is 526 g/mol. The summed E-state index contributed by atoms with van der Waals surface area (Å²) in [5.41, 5.74) is 1.69. The van der Waals surface area contributed by atoms with Crippen LogP contribution in [0.3, 0.4) is 0 Å². The van der Waals surface area contributed by atoms with Crippen LogP contribution in [-0.2, 0) is 20.0 Å². The normalized spacial score (nSPS) is 25.7. The Morgan fingerprint density at radius 1 is 1.16 bits per heavy atom. The Morgan fingerprint density at radius 2 is 1.89 bits per heavy atom. The molecule has 0 aliphatic carbocycles. The molecule has 37 heavy (non-hydrogen) atoms. The molecular weight excluding hydrogens is 494 g/mol. The maximum atomic E-state index is 13.0. The highest BCUT2D eigenvalue weighted by Crippen LogP contribution is 2.47. The van der Waals surface area contributed by atoms with E-state index >= 15 is 0 Å². The number of piperazine rings is 1. The van der Waals surface area contributed by atoms with Gasteiger partial charge in [0.2, 0.25) is 5.91 Å². The predicted octanol–water partition coefficient (Wildman–Crippen LogP) is 1.79. The van der Waals surface area contributed by atoms with E-state index in [9.17, 15) is 18.5 Å². The van der Waals surface area contributed by atoms with E-state index in [1.54, 1.807) is 23.5 Å². The summed E-state index contributed by atoms with van der Waals surface area (Å²) in [5, 5.41) is 8.41. The van der Waals surface area contributed by atoms with Gasteiger partial charge in [0.05, 0.1) is 24.7 Å². The van der Waals surface area contributed by atoms with Gasteiger partial charge in [0.15, 0.2) is 21.3 Å². The molecule has 0 saturated carbocycles. The Labute approximate surface area is 217 Å². The maximum Gasteiger partial charge on any atom is 0.241 e. The Balaban J connectivity index is 1.47. The third-order valence-electron chi connectivity index (χ3n) is 7.68. The maximum absolute atomic E-state index is 13.0. The van der Waals surface area contributed by atoms with Gasteiger partial charge in [-0.05, 0) is 20.3 Å². The molecule has 3 atom stereocenters. The van der Waals surface area contributed by atoms with Gasteiger partial charge in [-0.3, -0.25) is 4.79 Å². The van der Waals surface area contributed by atoms with Gasteiger partial charge in [0, 0.05) is 48.8 Å². The highest BCUT2D eigenvalue weighted by molar-refractivity contribution is 7.94. The van der Waals surface area contributed by atoms with E-state index in [-0.39, 0.29) is 34.9 Å². The molecule has 2 aromatic heterocycles. The van der Waals surface area contributed by atoms with Crippen LogP contribution in [0, 0.1) is 11.3 Å². The van der Waals surface area contributed by atoms with E-state index in [0.29, 0.717) is 31.8 Å². The predicted molar refractivity (Wildman–Crippen MR) is 138 cm³/mol. The number of carbonyl (C=O) groups excluding carboxylic acids is 1. The van der Waals surface area contributed by atoms with Crippen molar-refractivity contribution in [3.8, 4) is 11.8 Å². The van der Waals surface area contributed by atoms with Crippen LogP contribution in [0.1, 0.15) is 45.4 Å². The molecule has 0 radical (unpaired) electrons. The number of methoxy groups -OCH3 is 1. The third-order valence-corrected chi connectivity index (χ3v) is 9.79. The molecule has 0 spiro atoms. The monoisotopic (exact) mass is 525 g/mol. The number of nitrogens with zero attached hydrogens (tertiary/aromatic N) is 7. The first-order chi connectivity index (χ1) is 17.5. The fraction of sp³-hybridized carbons (Fsp3) is 0.560. The number of anilines is 3. The van der Waals surface area contributed by atoms with E-state index in [1.165, 1.54) is 7.11 Å². The number of pyridine rings is 1. The van der Waals surface area contributed by atoms with Crippen LogP contribution in [-0.4, -0.2) is 84.0 Å². The smallest absolute Gasteiger partial charge is 0.241 e. The first kappa shape index (κ1) is 25.2. The van der Waals surface area contributed by atoms with Crippen molar-refractivity contribution in [1.29, 1.82) is 5.26 Å². The third kappa shape index (κ3) is 4.05. The van der Waals surface area contributed by atoms with Crippen molar-refractivity contribution in [1.82, 2.24) is 19.9 Å². The van der Waals surface area contributed by atoms with Gasteiger partial charge >= 0.3 is 0 Å². The molecule has 0 bridgehead atoms. The molecule has 2 saturated heterocycles. The van der Waals surface area contributed by atoms with Crippen LogP contribution in [0.2, 0.25) is 0 Å². The number of fused-ring (bicyclic) bond motifs is 1. The van der Waals surface area contributed by atoms with E-state index in [2.05, 4.69) is 33.6 Å². The minimum Gasteiger partial charge on any atom is -0.494 e. The van der Waals surface area contributed by atoms with Crippen molar-refractivity contribution in [3.05, 3.63) is 29.8 Å². The van der Waals surface area contributed by atoms with Crippen LogP contribution in [0.25, 0.3) is 0 Å². The van der Waals surface area contributed by atoms with Crippen molar-refractivity contribution < 1.29 is 17.9 Å². The second-order valence-corrected chi connectivity index (χ2v) is 13.0. The van der Waals surface area contributed by atoms with Crippen molar-refractivity contribution in [2.45, 2.75) is 56.9 Å². The van der Waals surface area contributed by atoms with Gasteiger partial charge in [0.1, 0.15) is 29.3 Å². The topological polar surface area (TPSA) is 133 Å². The summed E-state index contributed by atoms with van der Waals surface area (Å²) in [6.45, 7) is 9.86. The lowest BCUT2D eigenvalue weighted by atomic mass is 9.87. The minimum absolute atomic E-state index is 0.0662. The van der Waals surface area contributed by atoms with Gasteiger partial charge in [-0.2, -0.15) is 5.26 Å². The van der Waals surface area contributed by atoms with Gasteiger partial charge in [0.25, 0.3) is 0 Å². The second kappa shape index (κ2) is 8.83. The molecule has 1 amide bonds. The molecule has 5 rings (SSSR count). The standard InChI is InChI=1S/C25H31N7O4S/c1-15-12-31(24(33)20-6-7-37(20,34)35)16(2)11-30(15)22-21-23(29-14-28-22)32(13-25(21,3)4)17-8-19(36-5)18(9-26)27-10-17/h8,10,14-16,20H,6-7,11-13H2,1-5H3/t15?,16-,20?/m1/s1. The lowest BCUT2D eigenvalue weighted by molar-refractivity contribution is -0.134. The molecule has 5 heterocycles. The number of aromatic nitrogens is 3. The Bertz CT molecular complexity index is 1400. The number of hydrogen-bond donors (Lipinski definition) is 0. The molecule has 3 aliphatic heterocycles. The van der Waals surface area contributed by atoms with Crippen LogP contribution in [0.15, 0.2) is 18.6 Å². The van der Waals surface area contributed by atoms with Crippen LogP contribution >= 0.6 is 0 Å². The number of sulfone groups is 1. The van der Waals surface area contributed by atoms with Crippen molar-refractivity contribution in [2.75, 3.05) is 42.3 Å². The van der Waals surface area contributed by atoms with E-state index < -0.39 is 15.1 Å². The lowest BCUT2D eigenvalue weighted by Gasteiger charge is -2.47. The fourth-order valence-electron chi connectivity index (χ4n) is 5.60. The minimum atomic E-state index is -3.31. The SMILES string of the molecule is COc1cc(N2CC(C)(C)c3c2ncnc3N2C[C@@H](C)N(C(=O)C3CCS3(=O)=O)CC2C)cnc1C#N. The molecule has 2 aromatic rings. The summed E-state index contributed by atoms with van der Waals surface area (Å²) in [4.78, 5) is 32.6. The van der Waals surface area contributed by atoms with Crippen molar-refractivity contribution in [2.24, 2.45) is 0 Å². The molecule has 3 aliphatic rings. The number of hydrogen-bond acceptors (Lipinski definition) is 10. The highest BCUT2D eigenvalue weighted by Gasteiger charge is 2.47. The first-order valence-electron chi connectivity index (χ1n) is 12.3. The summed E-state index contributed by atoms with van der Waals surface area (Å²) in [6, 6.07) is 3.60. The Hall–Kier alpha value is -3.46.